The Balaban J connectivity index is 1.40. The van der Waals surface area contributed by atoms with Crippen LogP contribution in [0.4, 0.5) is 22.4 Å². The van der Waals surface area contributed by atoms with Crippen molar-refractivity contribution < 1.29 is 41.5 Å². The number of carbonyl (C=O) groups excluding carboxylic acids is 4. The van der Waals surface area contributed by atoms with Crippen molar-refractivity contribution in [2.45, 2.75) is 109 Å². The van der Waals surface area contributed by atoms with Crippen molar-refractivity contribution in [3.63, 3.8) is 0 Å². The Morgan fingerprint density at radius 1 is 0.947 bits per heavy atom. The quantitative estimate of drug-likeness (QED) is 0.0970. The highest BCUT2D eigenvalue weighted by Gasteiger charge is 2.47. The maximum absolute atomic E-state index is 14.8. The zero-order valence-corrected chi connectivity index (χ0v) is 33.2. The van der Waals surface area contributed by atoms with Gasteiger partial charge in [0.05, 0.1) is 17.5 Å². The molecule has 15 heteroatoms. The Morgan fingerprint density at radius 2 is 1.67 bits per heavy atom. The van der Waals surface area contributed by atoms with Gasteiger partial charge in [0.15, 0.2) is 0 Å². The standard InChI is InChI=1S/C42H56F4N6O5/c1-5-25(3)34(24-48-40(56)47-19-15-27-16-20-57-21-17-27)50-39(55)41(18-14-33-30(23-41)29-11-9-12-31(37(29)49-33)42(44,45)46)52-38(54)36(26(4)6-2)51-35(53)22-28-10-7-8-13-32(28)43/h7-13,25-27,34,36,49H,5-6,14-24H2,1-4H3,(H,50,55)(H,51,53)(H,52,54)(H2,47,48,56)/t25-,26?,34?,36-,41+/m0/s1. The SMILES string of the molecule is CCC(C)[C@H](NC(=O)Cc1ccccc1F)C(=O)N[C@]1(C(=O)NC(CNC(=O)NCCC2CCOCC2)[C@@H](C)CC)CCc2[nH]c3c(C(F)(F)F)cccc3c2C1. The minimum absolute atomic E-state index is 0.0372. The number of alkyl halides is 3. The minimum atomic E-state index is -4.63. The van der Waals surface area contributed by atoms with Gasteiger partial charge in [-0.05, 0) is 73.1 Å². The highest BCUT2D eigenvalue weighted by molar-refractivity contribution is 5.97. The normalized spacial score (nSPS) is 19.4. The lowest BCUT2D eigenvalue weighted by atomic mass is 9.78. The lowest BCUT2D eigenvalue weighted by Crippen LogP contribution is -2.67. The van der Waals surface area contributed by atoms with Crippen LogP contribution in [0.15, 0.2) is 42.5 Å². The first kappa shape index (κ1) is 43.5. The topological polar surface area (TPSA) is 153 Å². The molecule has 5 amide bonds. The number of H-pyrrole nitrogens is 1. The number of halogens is 4. The van der Waals surface area contributed by atoms with Crippen molar-refractivity contribution in [3.05, 3.63) is 70.7 Å². The molecule has 2 aromatic carbocycles. The summed E-state index contributed by atoms with van der Waals surface area (Å²) in [6.45, 7) is 9.51. The summed E-state index contributed by atoms with van der Waals surface area (Å²) in [6.07, 6.45) is -1.05. The fourth-order valence-electron chi connectivity index (χ4n) is 7.80. The van der Waals surface area contributed by atoms with Gasteiger partial charge in [0.25, 0.3) is 0 Å². The lowest BCUT2D eigenvalue weighted by Gasteiger charge is -2.40. The maximum atomic E-state index is 14.8. The summed E-state index contributed by atoms with van der Waals surface area (Å²) in [6, 6.07) is 7.66. The summed E-state index contributed by atoms with van der Waals surface area (Å²) >= 11 is 0. The highest BCUT2D eigenvalue weighted by atomic mass is 19.4. The van der Waals surface area contributed by atoms with Gasteiger partial charge in [0, 0.05) is 49.8 Å². The summed E-state index contributed by atoms with van der Waals surface area (Å²) in [5.41, 5.74) is -1.41. The molecule has 5 rings (SSSR count). The van der Waals surface area contributed by atoms with E-state index in [0.29, 0.717) is 55.2 Å². The molecule has 5 atom stereocenters. The second-order valence-corrected chi connectivity index (χ2v) is 15.7. The zero-order valence-electron chi connectivity index (χ0n) is 33.2. The Morgan fingerprint density at radius 3 is 2.35 bits per heavy atom. The van der Waals surface area contributed by atoms with Gasteiger partial charge in [0.1, 0.15) is 17.4 Å². The molecular formula is C42H56F4N6O5. The van der Waals surface area contributed by atoms with E-state index in [1.54, 1.807) is 19.1 Å². The number of benzene rings is 2. The number of urea groups is 1. The van der Waals surface area contributed by atoms with Gasteiger partial charge in [-0.1, -0.05) is 70.9 Å². The number of aromatic nitrogens is 1. The van der Waals surface area contributed by atoms with E-state index in [-0.39, 0.29) is 55.3 Å². The summed E-state index contributed by atoms with van der Waals surface area (Å²) in [7, 11) is 0. The molecule has 2 heterocycles. The van der Waals surface area contributed by atoms with Gasteiger partial charge >= 0.3 is 12.2 Å². The number of hydrogen-bond acceptors (Lipinski definition) is 5. The predicted molar refractivity (Wildman–Crippen MR) is 209 cm³/mol. The van der Waals surface area contributed by atoms with Crippen LogP contribution >= 0.6 is 0 Å². The third-order valence-corrected chi connectivity index (χ3v) is 11.8. The van der Waals surface area contributed by atoms with Crippen LogP contribution in [0.5, 0.6) is 0 Å². The van der Waals surface area contributed by atoms with E-state index in [4.69, 9.17) is 4.74 Å². The molecule has 1 aromatic heterocycles. The Hall–Kier alpha value is -4.66. The lowest BCUT2D eigenvalue weighted by molar-refractivity contribution is -0.137. The van der Waals surface area contributed by atoms with Crippen LogP contribution in [0.25, 0.3) is 10.9 Å². The Bertz CT molecular complexity index is 1880. The van der Waals surface area contributed by atoms with E-state index >= 15 is 0 Å². The number of rotatable bonds is 16. The Labute approximate surface area is 331 Å². The number of hydrogen-bond donors (Lipinski definition) is 6. The zero-order chi connectivity index (χ0) is 41.3. The van der Waals surface area contributed by atoms with Gasteiger partial charge in [0.2, 0.25) is 17.7 Å². The molecule has 1 aliphatic carbocycles. The van der Waals surface area contributed by atoms with E-state index in [2.05, 4.69) is 31.6 Å². The van der Waals surface area contributed by atoms with Crippen LogP contribution < -0.4 is 26.6 Å². The average molecular weight is 801 g/mol. The van der Waals surface area contributed by atoms with Crippen LogP contribution in [-0.2, 0) is 44.6 Å². The third kappa shape index (κ3) is 10.8. The van der Waals surface area contributed by atoms with Gasteiger partial charge in [-0.2, -0.15) is 13.2 Å². The molecule has 2 unspecified atom stereocenters. The molecule has 1 saturated heterocycles. The predicted octanol–water partition coefficient (Wildman–Crippen LogP) is 6.09. The summed E-state index contributed by atoms with van der Waals surface area (Å²) in [5, 5.41) is 14.9. The van der Waals surface area contributed by atoms with Gasteiger partial charge in [-0.25, -0.2) is 9.18 Å². The number of fused-ring (bicyclic) bond motifs is 3. The van der Waals surface area contributed by atoms with E-state index in [1.165, 1.54) is 24.3 Å². The average Bonchev–Trinajstić information content (AvgIpc) is 3.56. The van der Waals surface area contributed by atoms with Crippen molar-refractivity contribution in [2.75, 3.05) is 26.3 Å². The Kier molecular flexibility index (Phi) is 14.6. The molecule has 0 radical (unpaired) electrons. The number of ether oxygens (including phenoxy) is 1. The molecule has 57 heavy (non-hydrogen) atoms. The summed E-state index contributed by atoms with van der Waals surface area (Å²) in [5.74, 6) is -2.40. The van der Waals surface area contributed by atoms with Crippen molar-refractivity contribution in [1.29, 1.82) is 0 Å². The van der Waals surface area contributed by atoms with E-state index < -0.39 is 58.8 Å². The maximum Gasteiger partial charge on any atom is 0.418 e. The third-order valence-electron chi connectivity index (χ3n) is 11.8. The van der Waals surface area contributed by atoms with E-state index in [9.17, 15) is 36.7 Å². The van der Waals surface area contributed by atoms with Crippen LogP contribution in [0.3, 0.4) is 0 Å². The number of aryl methyl sites for hydroxylation is 1. The van der Waals surface area contributed by atoms with E-state index in [0.717, 1.165) is 25.3 Å². The van der Waals surface area contributed by atoms with Gasteiger partial charge in [-0.15, -0.1) is 0 Å². The number of amides is 5. The molecule has 11 nitrogen and oxygen atoms in total. The first-order valence-electron chi connectivity index (χ1n) is 20.1. The van der Waals surface area contributed by atoms with Crippen molar-refractivity contribution >= 4 is 34.7 Å². The molecule has 0 spiro atoms. The van der Waals surface area contributed by atoms with Crippen LogP contribution in [0.1, 0.15) is 88.6 Å². The monoisotopic (exact) mass is 800 g/mol. The molecule has 2 aliphatic rings. The second-order valence-electron chi connectivity index (χ2n) is 15.7. The molecule has 0 saturated carbocycles. The summed E-state index contributed by atoms with van der Waals surface area (Å²) in [4.78, 5) is 58.2. The smallest absolute Gasteiger partial charge is 0.381 e. The van der Waals surface area contributed by atoms with Crippen LogP contribution in [-0.4, -0.2) is 72.7 Å². The fraction of sp³-hybridized carbons (Fsp3) is 0.571. The van der Waals surface area contributed by atoms with Crippen molar-refractivity contribution in [2.24, 2.45) is 17.8 Å². The van der Waals surface area contributed by atoms with Crippen LogP contribution in [0, 0.1) is 23.6 Å². The fourth-order valence-corrected chi connectivity index (χ4v) is 7.80. The second kappa shape index (κ2) is 19.2. The molecule has 0 bridgehead atoms. The number of nitrogens with one attached hydrogen (secondary N) is 6. The minimum Gasteiger partial charge on any atom is -0.381 e. The van der Waals surface area contributed by atoms with Crippen molar-refractivity contribution in [1.82, 2.24) is 31.6 Å². The number of carbonyl (C=O) groups is 4. The van der Waals surface area contributed by atoms with Gasteiger partial charge in [-0.3, -0.25) is 14.4 Å². The molecule has 1 fully saturated rings. The van der Waals surface area contributed by atoms with Crippen molar-refractivity contribution in [3.8, 4) is 0 Å². The largest absolute Gasteiger partial charge is 0.418 e. The number of aromatic amines is 1. The molecule has 312 valence electrons. The van der Waals surface area contributed by atoms with Crippen LogP contribution in [0.2, 0.25) is 0 Å². The first-order chi connectivity index (χ1) is 27.2. The molecule has 1 aliphatic heterocycles. The van der Waals surface area contributed by atoms with Gasteiger partial charge < -0.3 is 36.3 Å². The molecule has 3 aromatic rings. The molecular weight excluding hydrogens is 744 g/mol. The summed E-state index contributed by atoms with van der Waals surface area (Å²) < 4.78 is 62.1. The highest BCUT2D eigenvalue weighted by Crippen LogP contribution is 2.40. The number of para-hydroxylation sites is 1. The molecule has 6 N–H and O–H groups in total. The van der Waals surface area contributed by atoms with E-state index in [1.807, 2.05) is 20.8 Å². The first-order valence-corrected chi connectivity index (χ1v) is 20.1.